The molecule has 0 saturated carbocycles. The van der Waals surface area contributed by atoms with Gasteiger partial charge in [0.1, 0.15) is 12.3 Å². The average molecular weight is 503 g/mol. The van der Waals surface area contributed by atoms with Crippen LogP contribution >= 0.6 is 15.9 Å². The molecule has 1 amide bonds. The fourth-order valence-electron chi connectivity index (χ4n) is 3.50. The molecule has 3 aromatic heterocycles. The van der Waals surface area contributed by atoms with Crippen LogP contribution in [0.25, 0.3) is 16.6 Å². The van der Waals surface area contributed by atoms with Gasteiger partial charge in [0.15, 0.2) is 0 Å². The summed E-state index contributed by atoms with van der Waals surface area (Å²) in [5.41, 5.74) is 5.15. The molecule has 3 rings (SSSR count). The Morgan fingerprint density at radius 3 is 2.59 bits per heavy atom. The van der Waals surface area contributed by atoms with Gasteiger partial charge in [-0.25, -0.2) is 9.31 Å². The van der Waals surface area contributed by atoms with E-state index in [-0.39, 0.29) is 19.0 Å². The van der Waals surface area contributed by atoms with E-state index in [0.29, 0.717) is 18.7 Å². The van der Waals surface area contributed by atoms with Gasteiger partial charge in [0, 0.05) is 54.2 Å². The number of carbonyl (C=O) groups excluding carboxylic acids is 2. The van der Waals surface area contributed by atoms with Crippen LogP contribution in [0.2, 0.25) is 0 Å². The molecule has 3 aromatic rings. The van der Waals surface area contributed by atoms with Crippen LogP contribution in [0.3, 0.4) is 0 Å². The molecular formula is C23H27BrN4O4. The third-order valence-corrected chi connectivity index (χ3v) is 5.43. The summed E-state index contributed by atoms with van der Waals surface area (Å²) in [5.74, 6) is -0.286. The van der Waals surface area contributed by atoms with E-state index in [1.165, 1.54) is 4.90 Å². The second-order valence-corrected chi connectivity index (χ2v) is 8.34. The van der Waals surface area contributed by atoms with Gasteiger partial charge in [0.2, 0.25) is 0 Å². The van der Waals surface area contributed by atoms with E-state index in [0.717, 1.165) is 38.8 Å². The minimum Gasteiger partial charge on any atom is -0.466 e. The number of hydrogen-bond acceptors (Lipinski definition) is 6. The number of aryl methyl sites for hydroxylation is 1. The second kappa shape index (κ2) is 10.6. The summed E-state index contributed by atoms with van der Waals surface area (Å²) in [6, 6.07) is 6.03. The highest BCUT2D eigenvalue weighted by molar-refractivity contribution is 9.10. The molecule has 0 atom stereocenters. The normalized spacial score (nSPS) is 10.9. The first-order valence-corrected chi connectivity index (χ1v) is 11.3. The number of ether oxygens (including phenoxy) is 2. The van der Waals surface area contributed by atoms with Crippen LogP contribution in [-0.2, 0) is 33.7 Å². The first-order valence-electron chi connectivity index (χ1n) is 10.5. The summed E-state index contributed by atoms with van der Waals surface area (Å²) in [5, 5.41) is 4.81. The number of rotatable bonds is 8. The Bertz CT molecular complexity index is 1130. The van der Waals surface area contributed by atoms with Gasteiger partial charge in [0.25, 0.3) is 0 Å². The molecule has 0 saturated heterocycles. The molecule has 0 radical (unpaired) electrons. The first-order chi connectivity index (χ1) is 15.3. The van der Waals surface area contributed by atoms with Crippen molar-refractivity contribution >= 4 is 33.5 Å². The summed E-state index contributed by atoms with van der Waals surface area (Å²) in [7, 11) is 3.25. The minimum absolute atomic E-state index is 0.0130. The summed E-state index contributed by atoms with van der Waals surface area (Å²) in [6.07, 6.45) is 4.41. The van der Waals surface area contributed by atoms with Gasteiger partial charge in [0.05, 0.1) is 12.1 Å². The van der Waals surface area contributed by atoms with Crippen molar-refractivity contribution in [3.05, 3.63) is 52.0 Å². The van der Waals surface area contributed by atoms with Crippen LogP contribution in [0.1, 0.15) is 37.2 Å². The van der Waals surface area contributed by atoms with E-state index in [1.807, 2.05) is 22.7 Å². The van der Waals surface area contributed by atoms with E-state index in [4.69, 9.17) is 14.6 Å². The molecular weight excluding hydrogens is 476 g/mol. The van der Waals surface area contributed by atoms with Gasteiger partial charge in [-0.15, -0.1) is 0 Å². The number of carbonyl (C=O) groups is 2. The minimum atomic E-state index is -0.461. The summed E-state index contributed by atoms with van der Waals surface area (Å²) < 4.78 is 13.3. The lowest BCUT2D eigenvalue weighted by atomic mass is 9.96. The molecule has 0 spiro atoms. The molecule has 0 aliphatic rings. The summed E-state index contributed by atoms with van der Waals surface area (Å²) >= 11 is 3.50. The second-order valence-electron chi connectivity index (χ2n) is 7.42. The average Bonchev–Trinajstić information content (AvgIpc) is 3.17. The molecule has 8 nitrogen and oxygen atoms in total. The van der Waals surface area contributed by atoms with Crippen molar-refractivity contribution in [3.8, 4) is 11.1 Å². The predicted molar refractivity (Wildman–Crippen MR) is 124 cm³/mol. The maximum Gasteiger partial charge on any atom is 0.409 e. The Kier molecular flexibility index (Phi) is 7.84. The third-order valence-electron chi connectivity index (χ3n) is 5.00. The lowest BCUT2D eigenvalue weighted by molar-refractivity contribution is -0.143. The van der Waals surface area contributed by atoms with E-state index < -0.39 is 6.09 Å². The molecule has 0 bridgehead atoms. The topological polar surface area (TPSA) is 86.0 Å². The number of pyridine rings is 1. The molecule has 0 fully saturated rings. The number of nitrogens with zero attached hydrogens (tertiary/aromatic N) is 4. The lowest BCUT2D eigenvalue weighted by Crippen LogP contribution is -2.23. The van der Waals surface area contributed by atoms with Crippen molar-refractivity contribution in [2.24, 2.45) is 0 Å². The zero-order valence-electron chi connectivity index (χ0n) is 18.7. The first kappa shape index (κ1) is 23.7. The predicted octanol–water partition coefficient (Wildman–Crippen LogP) is 4.42. The highest BCUT2D eigenvalue weighted by Gasteiger charge is 2.21. The number of fused-ring (bicyclic) bond motifs is 1. The van der Waals surface area contributed by atoms with Gasteiger partial charge in [-0.1, -0.05) is 6.92 Å². The van der Waals surface area contributed by atoms with Gasteiger partial charge in [-0.05, 0) is 59.5 Å². The highest BCUT2D eigenvalue weighted by atomic mass is 79.9. The summed E-state index contributed by atoms with van der Waals surface area (Å²) in [6.45, 7) is 4.15. The Balaban J connectivity index is 2.19. The monoisotopic (exact) mass is 502 g/mol. The molecule has 0 aliphatic heterocycles. The van der Waals surface area contributed by atoms with E-state index in [2.05, 4.69) is 27.8 Å². The van der Waals surface area contributed by atoms with E-state index in [1.54, 1.807) is 33.4 Å². The molecule has 32 heavy (non-hydrogen) atoms. The lowest BCUT2D eigenvalue weighted by Gasteiger charge is -2.18. The van der Waals surface area contributed by atoms with Gasteiger partial charge >= 0.3 is 12.1 Å². The molecule has 0 aliphatic carbocycles. The SMILES string of the molecule is CCOC(=O)CCc1c(COC(=O)N(C)C)nn2c(CC)ccc2c1-c1cncc(Br)c1. The van der Waals surface area contributed by atoms with Crippen LogP contribution in [-0.4, -0.2) is 52.3 Å². The Morgan fingerprint density at radius 2 is 1.94 bits per heavy atom. The standard InChI is InChI=1S/C23H27BrN4O4/c1-5-17-7-9-20-22(15-11-16(24)13-25-12-15)18(8-10-21(29)31-6-2)19(26-28(17)20)14-32-23(30)27(3)4/h7,9,11-13H,5-6,8,10,14H2,1-4H3. The maximum atomic E-state index is 12.1. The maximum absolute atomic E-state index is 12.1. The van der Waals surface area contributed by atoms with E-state index in [9.17, 15) is 9.59 Å². The van der Waals surface area contributed by atoms with Gasteiger partial charge in [-0.2, -0.15) is 5.10 Å². The Morgan fingerprint density at radius 1 is 1.16 bits per heavy atom. The zero-order chi connectivity index (χ0) is 23.3. The van der Waals surface area contributed by atoms with Crippen LogP contribution in [0.5, 0.6) is 0 Å². The fourth-order valence-corrected chi connectivity index (χ4v) is 3.87. The number of hydrogen-bond donors (Lipinski definition) is 0. The van der Waals surface area contributed by atoms with Crippen molar-refractivity contribution in [1.82, 2.24) is 19.5 Å². The number of amides is 1. The third kappa shape index (κ3) is 5.27. The van der Waals surface area contributed by atoms with Crippen LogP contribution in [0, 0.1) is 0 Å². The van der Waals surface area contributed by atoms with Crippen molar-refractivity contribution in [1.29, 1.82) is 0 Å². The molecule has 0 unspecified atom stereocenters. The van der Waals surface area contributed by atoms with E-state index >= 15 is 0 Å². The fraction of sp³-hybridized carbons (Fsp3) is 0.391. The van der Waals surface area contributed by atoms with Crippen molar-refractivity contribution in [3.63, 3.8) is 0 Å². The quantitative estimate of drug-likeness (QED) is 0.424. The largest absolute Gasteiger partial charge is 0.466 e. The van der Waals surface area contributed by atoms with Crippen LogP contribution in [0.4, 0.5) is 4.79 Å². The zero-order valence-corrected chi connectivity index (χ0v) is 20.3. The van der Waals surface area contributed by atoms with Crippen molar-refractivity contribution in [2.75, 3.05) is 20.7 Å². The smallest absolute Gasteiger partial charge is 0.409 e. The number of aromatic nitrogens is 3. The van der Waals surface area contributed by atoms with Crippen molar-refractivity contribution < 1.29 is 19.1 Å². The highest BCUT2D eigenvalue weighted by Crippen LogP contribution is 2.33. The summed E-state index contributed by atoms with van der Waals surface area (Å²) in [4.78, 5) is 29.9. The van der Waals surface area contributed by atoms with Crippen LogP contribution < -0.4 is 0 Å². The molecule has 0 aromatic carbocycles. The van der Waals surface area contributed by atoms with Gasteiger partial charge < -0.3 is 14.4 Å². The van der Waals surface area contributed by atoms with Crippen molar-refractivity contribution in [2.45, 2.75) is 39.7 Å². The van der Waals surface area contributed by atoms with Crippen LogP contribution in [0.15, 0.2) is 35.1 Å². The molecule has 0 N–H and O–H groups in total. The Labute approximate surface area is 195 Å². The van der Waals surface area contributed by atoms with Gasteiger partial charge in [-0.3, -0.25) is 9.78 Å². The number of halogens is 1. The molecule has 170 valence electrons. The Hall–Kier alpha value is -2.94. The molecule has 3 heterocycles. The number of esters is 1. The molecule has 9 heteroatoms.